The van der Waals surface area contributed by atoms with Crippen LogP contribution < -0.4 is 19.5 Å². The van der Waals surface area contributed by atoms with Gasteiger partial charge in [-0.15, -0.1) is 0 Å². The van der Waals surface area contributed by atoms with Gasteiger partial charge in [0.15, 0.2) is 11.5 Å². The molecule has 1 amide bonds. The SMILES string of the molecule is CCC(CC)C(Oc1c(-c2cccc3c2CNC3=O)ccc(OC)c1OC)C1(C(=O)O)CCC1. The predicted molar refractivity (Wildman–Crippen MR) is 129 cm³/mol. The molecule has 2 aliphatic rings. The van der Waals surface area contributed by atoms with Crippen molar-refractivity contribution in [2.45, 2.75) is 58.6 Å². The van der Waals surface area contributed by atoms with Crippen LogP contribution in [0.25, 0.3) is 11.1 Å². The third-order valence-electron chi connectivity index (χ3n) is 7.57. The van der Waals surface area contributed by atoms with Gasteiger partial charge in [0.1, 0.15) is 11.5 Å². The van der Waals surface area contributed by atoms with Crippen LogP contribution in [0.4, 0.5) is 0 Å². The smallest absolute Gasteiger partial charge is 0.313 e. The fourth-order valence-electron chi connectivity index (χ4n) is 5.42. The summed E-state index contributed by atoms with van der Waals surface area (Å²) in [6, 6.07) is 9.32. The molecule has 1 unspecified atom stereocenters. The first-order valence-corrected chi connectivity index (χ1v) is 12.0. The zero-order valence-electron chi connectivity index (χ0n) is 20.3. The van der Waals surface area contributed by atoms with Gasteiger partial charge in [-0.1, -0.05) is 32.4 Å². The number of carbonyl (C=O) groups excluding carboxylic acids is 1. The molecule has 2 N–H and O–H groups in total. The van der Waals surface area contributed by atoms with Gasteiger partial charge in [0, 0.05) is 17.7 Å². The number of carboxylic acid groups (broad SMARTS) is 1. The first-order chi connectivity index (χ1) is 16.4. The average Bonchev–Trinajstić information content (AvgIpc) is 3.19. The largest absolute Gasteiger partial charge is 0.493 e. The highest BCUT2D eigenvalue weighted by Crippen LogP contribution is 2.53. The van der Waals surface area contributed by atoms with E-state index in [4.69, 9.17) is 14.2 Å². The molecular weight excluding hydrogens is 434 g/mol. The van der Waals surface area contributed by atoms with Gasteiger partial charge in [0.05, 0.1) is 14.2 Å². The quantitative estimate of drug-likeness (QED) is 0.508. The van der Waals surface area contributed by atoms with Gasteiger partial charge < -0.3 is 24.6 Å². The van der Waals surface area contributed by atoms with Crippen molar-refractivity contribution in [2.75, 3.05) is 14.2 Å². The number of ether oxygens (including phenoxy) is 3. The third kappa shape index (κ3) is 3.77. The lowest BCUT2D eigenvalue weighted by molar-refractivity contribution is -0.167. The maximum atomic E-state index is 12.5. The van der Waals surface area contributed by atoms with E-state index in [2.05, 4.69) is 19.2 Å². The van der Waals surface area contributed by atoms with Crippen molar-refractivity contribution < 1.29 is 28.9 Å². The van der Waals surface area contributed by atoms with Gasteiger partial charge >= 0.3 is 5.97 Å². The minimum atomic E-state index is -0.932. The maximum Gasteiger partial charge on any atom is 0.313 e. The summed E-state index contributed by atoms with van der Waals surface area (Å²) in [6.07, 6.45) is 3.13. The molecule has 4 rings (SSSR count). The van der Waals surface area contributed by atoms with E-state index in [0.29, 0.717) is 42.2 Å². The Kier molecular flexibility index (Phi) is 6.73. The Balaban J connectivity index is 1.91. The van der Waals surface area contributed by atoms with Crippen molar-refractivity contribution in [2.24, 2.45) is 11.3 Å². The number of methoxy groups -OCH3 is 2. The standard InChI is InChI=1S/C27H33NO6/c1-5-16(6-2)24(27(26(30)31)13-8-14-27)34-22-18(11-12-21(32-3)23(22)33-4)17-9-7-10-19-20(17)15-28-25(19)29/h7,9-12,16,24H,5-6,8,13-15H2,1-4H3,(H,28,29)(H,30,31). The molecule has 0 saturated heterocycles. The van der Waals surface area contributed by atoms with E-state index in [9.17, 15) is 14.7 Å². The normalized spacial score (nSPS) is 16.9. The van der Waals surface area contributed by atoms with Crippen LogP contribution in [0.1, 0.15) is 61.9 Å². The summed E-state index contributed by atoms with van der Waals surface area (Å²) in [7, 11) is 3.12. The van der Waals surface area contributed by atoms with Gasteiger partial charge in [-0.3, -0.25) is 9.59 Å². The Morgan fingerprint density at radius 1 is 1.03 bits per heavy atom. The topological polar surface area (TPSA) is 94.1 Å². The second kappa shape index (κ2) is 9.57. The van der Waals surface area contributed by atoms with Gasteiger partial charge in [-0.05, 0) is 60.9 Å². The number of amides is 1. The molecule has 0 spiro atoms. The second-order valence-corrected chi connectivity index (χ2v) is 9.12. The molecule has 34 heavy (non-hydrogen) atoms. The first kappa shape index (κ1) is 23.9. The molecule has 7 heteroatoms. The number of rotatable bonds is 10. The molecule has 1 saturated carbocycles. The van der Waals surface area contributed by atoms with Crippen molar-refractivity contribution in [1.29, 1.82) is 0 Å². The van der Waals surface area contributed by atoms with Crippen molar-refractivity contribution in [1.82, 2.24) is 5.32 Å². The first-order valence-electron chi connectivity index (χ1n) is 12.0. The molecule has 0 aromatic heterocycles. The molecule has 2 aromatic rings. The van der Waals surface area contributed by atoms with Crippen molar-refractivity contribution in [3.8, 4) is 28.4 Å². The van der Waals surface area contributed by atoms with E-state index < -0.39 is 17.5 Å². The molecule has 0 bridgehead atoms. The zero-order chi connectivity index (χ0) is 24.5. The van der Waals surface area contributed by atoms with E-state index in [1.165, 1.54) is 0 Å². The van der Waals surface area contributed by atoms with Crippen LogP contribution in [-0.4, -0.2) is 37.3 Å². The van der Waals surface area contributed by atoms with Crippen LogP contribution in [0.3, 0.4) is 0 Å². The van der Waals surface area contributed by atoms with Crippen LogP contribution >= 0.6 is 0 Å². The predicted octanol–water partition coefficient (Wildman–Crippen LogP) is 5.05. The highest BCUT2D eigenvalue weighted by molar-refractivity contribution is 6.01. The monoisotopic (exact) mass is 467 g/mol. The van der Waals surface area contributed by atoms with E-state index in [-0.39, 0.29) is 11.8 Å². The van der Waals surface area contributed by atoms with Crippen LogP contribution in [0.5, 0.6) is 17.2 Å². The van der Waals surface area contributed by atoms with Crippen LogP contribution in [0.15, 0.2) is 30.3 Å². The van der Waals surface area contributed by atoms with Crippen molar-refractivity contribution in [3.05, 3.63) is 41.5 Å². The summed E-state index contributed by atoms with van der Waals surface area (Å²) in [5, 5.41) is 13.1. The third-order valence-corrected chi connectivity index (χ3v) is 7.57. The molecule has 7 nitrogen and oxygen atoms in total. The fourth-order valence-corrected chi connectivity index (χ4v) is 5.42. The molecule has 1 heterocycles. The van der Waals surface area contributed by atoms with Crippen molar-refractivity contribution in [3.63, 3.8) is 0 Å². The van der Waals surface area contributed by atoms with Gasteiger partial charge in [-0.2, -0.15) is 0 Å². The van der Waals surface area contributed by atoms with Gasteiger partial charge in [0.2, 0.25) is 5.75 Å². The number of nitrogens with one attached hydrogen (secondary N) is 1. The number of fused-ring (bicyclic) bond motifs is 1. The molecule has 1 fully saturated rings. The Morgan fingerprint density at radius 2 is 1.74 bits per heavy atom. The summed E-state index contributed by atoms with van der Waals surface area (Å²) < 4.78 is 18.1. The van der Waals surface area contributed by atoms with E-state index in [1.807, 2.05) is 30.3 Å². The average molecular weight is 468 g/mol. The minimum absolute atomic E-state index is 0.0601. The molecule has 182 valence electrons. The minimum Gasteiger partial charge on any atom is -0.493 e. The summed E-state index contributed by atoms with van der Waals surface area (Å²) in [5.74, 6) is 0.530. The Bertz CT molecular complexity index is 1090. The second-order valence-electron chi connectivity index (χ2n) is 9.12. The number of benzene rings is 2. The van der Waals surface area contributed by atoms with Crippen LogP contribution in [-0.2, 0) is 11.3 Å². The number of hydrogen-bond donors (Lipinski definition) is 2. The Morgan fingerprint density at radius 3 is 2.29 bits per heavy atom. The lowest BCUT2D eigenvalue weighted by Gasteiger charge is -2.46. The Labute approximate surface area is 200 Å². The van der Waals surface area contributed by atoms with E-state index >= 15 is 0 Å². The fraction of sp³-hybridized carbons (Fsp3) is 0.481. The lowest BCUT2D eigenvalue weighted by Crippen LogP contribution is -2.53. The summed E-state index contributed by atoms with van der Waals surface area (Å²) in [5.41, 5.74) is 2.20. The highest BCUT2D eigenvalue weighted by atomic mass is 16.5. The molecular formula is C27H33NO6. The highest BCUT2D eigenvalue weighted by Gasteiger charge is 2.54. The molecule has 1 aliphatic carbocycles. The zero-order valence-corrected chi connectivity index (χ0v) is 20.3. The summed E-state index contributed by atoms with van der Waals surface area (Å²) in [6.45, 7) is 4.57. The summed E-state index contributed by atoms with van der Waals surface area (Å²) >= 11 is 0. The number of carbonyl (C=O) groups is 2. The van der Waals surface area contributed by atoms with E-state index in [1.54, 1.807) is 14.2 Å². The molecule has 1 aliphatic heterocycles. The molecule has 2 aromatic carbocycles. The Hall–Kier alpha value is -3.22. The molecule has 0 radical (unpaired) electrons. The molecule has 1 atom stereocenters. The van der Waals surface area contributed by atoms with Gasteiger partial charge in [-0.25, -0.2) is 0 Å². The maximum absolute atomic E-state index is 12.5. The summed E-state index contributed by atoms with van der Waals surface area (Å²) in [4.78, 5) is 24.8. The number of carboxylic acids is 1. The van der Waals surface area contributed by atoms with Crippen LogP contribution in [0, 0.1) is 11.3 Å². The van der Waals surface area contributed by atoms with Crippen LogP contribution in [0.2, 0.25) is 0 Å². The number of aliphatic carboxylic acids is 1. The number of hydrogen-bond acceptors (Lipinski definition) is 5. The van der Waals surface area contributed by atoms with E-state index in [0.717, 1.165) is 36.0 Å². The lowest BCUT2D eigenvalue weighted by atomic mass is 9.61. The van der Waals surface area contributed by atoms with Gasteiger partial charge in [0.25, 0.3) is 5.91 Å². The van der Waals surface area contributed by atoms with Crippen molar-refractivity contribution >= 4 is 11.9 Å².